The van der Waals surface area contributed by atoms with E-state index in [9.17, 15) is 4.79 Å². The van der Waals surface area contributed by atoms with E-state index >= 15 is 0 Å². The molecule has 5 heteroatoms. The second-order valence-electron chi connectivity index (χ2n) is 8.77. The second kappa shape index (κ2) is 10.2. The lowest BCUT2D eigenvalue weighted by Crippen LogP contribution is -2.34. The second-order valence-corrected chi connectivity index (χ2v) is 8.77. The van der Waals surface area contributed by atoms with Crippen LogP contribution < -0.4 is 14.2 Å². The Morgan fingerprint density at radius 1 is 1.29 bits per heavy atom. The van der Waals surface area contributed by atoms with E-state index in [1.165, 1.54) is 11.1 Å². The third kappa shape index (κ3) is 5.40. The van der Waals surface area contributed by atoms with Gasteiger partial charge in [-0.25, -0.2) is 0 Å². The number of rotatable bonds is 9. The van der Waals surface area contributed by atoms with Gasteiger partial charge in [0.25, 0.3) is 0 Å². The summed E-state index contributed by atoms with van der Waals surface area (Å²) in [6, 6.07) is 1.97. The van der Waals surface area contributed by atoms with Gasteiger partial charge in [0.05, 0.1) is 7.11 Å². The number of allylic oxidation sites excluding steroid dienone is 5. The number of methoxy groups -OCH3 is 1. The standard InChI is InChI=1S/C26H35NO4/c1-17(2)8-7-9-18(3)10-11-19(4)22(28)15-21-24-20(12-13-27(21)5)14-23-25(26(24)29-6)31-16-30-23/h8,10,14,21H,4,7,9,11-13,15-16H2,1-3,5-6H3. The molecule has 5 nitrogen and oxygen atoms in total. The number of hydrogen-bond acceptors (Lipinski definition) is 5. The maximum atomic E-state index is 13.1. The lowest BCUT2D eigenvalue weighted by Gasteiger charge is -2.35. The number of hydrogen-bond donors (Lipinski definition) is 0. The molecule has 1 aromatic rings. The minimum Gasteiger partial charge on any atom is -0.492 e. The van der Waals surface area contributed by atoms with Gasteiger partial charge < -0.3 is 14.2 Å². The Bertz CT molecular complexity index is 908. The van der Waals surface area contributed by atoms with E-state index in [2.05, 4.69) is 51.4 Å². The number of Topliss-reactive ketones (excluding diaryl/α,β-unsaturated/α-hetero) is 1. The zero-order valence-electron chi connectivity index (χ0n) is 19.5. The SMILES string of the molecule is C=C(CC=C(C)CCC=C(C)C)C(=O)CC1c2c(cc3c(c2OC)OCO3)CCN1C. The van der Waals surface area contributed by atoms with Crippen LogP contribution in [-0.2, 0) is 11.2 Å². The quantitative estimate of drug-likeness (QED) is 0.383. The Kier molecular flexibility index (Phi) is 7.60. The van der Waals surface area contributed by atoms with Crippen molar-refractivity contribution in [2.75, 3.05) is 27.5 Å². The van der Waals surface area contributed by atoms with Gasteiger partial charge in [0.2, 0.25) is 12.5 Å². The van der Waals surface area contributed by atoms with E-state index < -0.39 is 0 Å². The molecule has 1 aromatic carbocycles. The summed E-state index contributed by atoms with van der Waals surface area (Å²) in [7, 11) is 3.70. The Balaban J connectivity index is 1.72. The van der Waals surface area contributed by atoms with Crippen LogP contribution in [-0.4, -0.2) is 38.2 Å². The molecule has 0 aromatic heterocycles. The van der Waals surface area contributed by atoms with Crippen LogP contribution in [0.4, 0.5) is 0 Å². The van der Waals surface area contributed by atoms with Crippen molar-refractivity contribution < 1.29 is 19.0 Å². The summed E-state index contributed by atoms with van der Waals surface area (Å²) < 4.78 is 17.0. The van der Waals surface area contributed by atoms with Gasteiger partial charge in [0, 0.05) is 24.6 Å². The number of ketones is 1. The van der Waals surface area contributed by atoms with E-state index in [1.807, 2.05) is 6.07 Å². The molecule has 31 heavy (non-hydrogen) atoms. The Morgan fingerprint density at radius 3 is 2.77 bits per heavy atom. The lowest BCUT2D eigenvalue weighted by atomic mass is 9.87. The van der Waals surface area contributed by atoms with E-state index in [0.29, 0.717) is 29.9 Å². The number of carbonyl (C=O) groups is 1. The van der Waals surface area contributed by atoms with Crippen molar-refractivity contribution in [1.82, 2.24) is 4.90 Å². The maximum absolute atomic E-state index is 13.1. The molecule has 2 aliphatic heterocycles. The van der Waals surface area contributed by atoms with Gasteiger partial charge in [-0.3, -0.25) is 9.69 Å². The molecule has 0 radical (unpaired) electrons. The molecule has 0 spiro atoms. The van der Waals surface area contributed by atoms with Crippen LogP contribution in [0.1, 0.15) is 63.6 Å². The monoisotopic (exact) mass is 425 g/mol. The first-order valence-corrected chi connectivity index (χ1v) is 11.0. The number of likely N-dealkylation sites (N-methyl/N-ethyl adjacent to an activating group) is 1. The third-order valence-electron chi connectivity index (χ3n) is 6.11. The Hall–Kier alpha value is -2.53. The highest BCUT2D eigenvalue weighted by Gasteiger charge is 2.35. The molecule has 1 atom stereocenters. The summed E-state index contributed by atoms with van der Waals surface area (Å²) >= 11 is 0. The number of fused-ring (bicyclic) bond motifs is 2. The van der Waals surface area contributed by atoms with Gasteiger partial charge in [0.15, 0.2) is 17.3 Å². The third-order valence-corrected chi connectivity index (χ3v) is 6.11. The molecule has 168 valence electrons. The topological polar surface area (TPSA) is 48.0 Å². The highest BCUT2D eigenvalue weighted by molar-refractivity contribution is 5.95. The highest BCUT2D eigenvalue weighted by Crippen LogP contribution is 2.50. The largest absolute Gasteiger partial charge is 0.492 e. The molecule has 0 amide bonds. The first-order chi connectivity index (χ1) is 14.8. The van der Waals surface area contributed by atoms with Gasteiger partial charge in [-0.05, 0) is 70.7 Å². The molecular formula is C26H35NO4. The molecule has 1 unspecified atom stereocenters. The van der Waals surface area contributed by atoms with Gasteiger partial charge in [-0.15, -0.1) is 0 Å². The van der Waals surface area contributed by atoms with E-state index in [4.69, 9.17) is 14.2 Å². The normalized spacial score (nSPS) is 17.8. The summed E-state index contributed by atoms with van der Waals surface area (Å²) in [6.45, 7) is 11.5. The Labute approximate surface area is 186 Å². The fraction of sp³-hybridized carbons (Fsp3) is 0.500. The van der Waals surface area contributed by atoms with Crippen LogP contribution in [0, 0.1) is 0 Å². The van der Waals surface area contributed by atoms with Crippen LogP contribution in [0.25, 0.3) is 0 Å². The summed E-state index contributed by atoms with van der Waals surface area (Å²) in [5.74, 6) is 2.15. The molecule has 0 fully saturated rings. The molecule has 3 rings (SSSR count). The average molecular weight is 426 g/mol. The maximum Gasteiger partial charge on any atom is 0.231 e. The van der Waals surface area contributed by atoms with E-state index in [-0.39, 0.29) is 18.6 Å². The highest BCUT2D eigenvalue weighted by atomic mass is 16.7. The predicted octanol–water partition coefficient (Wildman–Crippen LogP) is 5.55. The molecule has 0 saturated heterocycles. The van der Waals surface area contributed by atoms with Crippen LogP contribution in [0.2, 0.25) is 0 Å². The minimum absolute atomic E-state index is 0.0693. The van der Waals surface area contributed by atoms with Crippen molar-refractivity contribution in [3.8, 4) is 17.2 Å². The van der Waals surface area contributed by atoms with E-state index in [1.54, 1.807) is 7.11 Å². The van der Waals surface area contributed by atoms with Crippen LogP contribution >= 0.6 is 0 Å². The summed E-state index contributed by atoms with van der Waals surface area (Å²) in [5, 5.41) is 0. The van der Waals surface area contributed by atoms with Gasteiger partial charge in [-0.1, -0.05) is 29.9 Å². The van der Waals surface area contributed by atoms with Gasteiger partial charge in [-0.2, -0.15) is 0 Å². The molecule has 2 heterocycles. The molecule has 0 N–H and O–H groups in total. The van der Waals surface area contributed by atoms with Crippen molar-refractivity contribution in [2.24, 2.45) is 0 Å². The van der Waals surface area contributed by atoms with Crippen molar-refractivity contribution in [3.63, 3.8) is 0 Å². The Morgan fingerprint density at radius 2 is 2.06 bits per heavy atom. The van der Waals surface area contributed by atoms with Gasteiger partial charge >= 0.3 is 0 Å². The van der Waals surface area contributed by atoms with Crippen LogP contribution in [0.3, 0.4) is 0 Å². The van der Waals surface area contributed by atoms with Crippen molar-refractivity contribution in [3.05, 3.63) is 52.6 Å². The molecule has 0 aliphatic carbocycles. The zero-order valence-corrected chi connectivity index (χ0v) is 19.5. The van der Waals surface area contributed by atoms with Crippen molar-refractivity contribution >= 4 is 5.78 Å². The van der Waals surface area contributed by atoms with Crippen LogP contribution in [0.5, 0.6) is 17.2 Å². The number of nitrogens with zero attached hydrogens (tertiary/aromatic N) is 1. The number of ether oxygens (including phenoxy) is 3. The fourth-order valence-electron chi connectivity index (χ4n) is 4.20. The van der Waals surface area contributed by atoms with Crippen molar-refractivity contribution in [1.29, 1.82) is 0 Å². The molecular weight excluding hydrogens is 390 g/mol. The number of benzene rings is 1. The fourth-order valence-corrected chi connectivity index (χ4v) is 4.20. The number of carbonyl (C=O) groups excluding carboxylic acids is 1. The average Bonchev–Trinajstić information content (AvgIpc) is 3.20. The minimum atomic E-state index is -0.0693. The first kappa shape index (κ1) is 23.1. The summed E-state index contributed by atoms with van der Waals surface area (Å²) in [5.41, 5.74) is 5.48. The molecule has 0 bridgehead atoms. The first-order valence-electron chi connectivity index (χ1n) is 11.0. The van der Waals surface area contributed by atoms with E-state index in [0.717, 1.165) is 42.7 Å². The molecule has 2 aliphatic rings. The zero-order chi connectivity index (χ0) is 22.5. The molecule has 0 saturated carbocycles. The smallest absolute Gasteiger partial charge is 0.231 e. The lowest BCUT2D eigenvalue weighted by molar-refractivity contribution is -0.116. The van der Waals surface area contributed by atoms with Crippen LogP contribution in [0.15, 0.2) is 41.5 Å². The predicted molar refractivity (Wildman–Crippen MR) is 124 cm³/mol. The summed E-state index contributed by atoms with van der Waals surface area (Å²) in [6.07, 6.45) is 8.28. The summed E-state index contributed by atoms with van der Waals surface area (Å²) in [4.78, 5) is 15.3. The van der Waals surface area contributed by atoms with Crippen molar-refractivity contribution in [2.45, 2.75) is 58.9 Å². The van der Waals surface area contributed by atoms with Gasteiger partial charge in [0.1, 0.15) is 0 Å².